The number of carbonyl (C=O) groups excluding carboxylic acids is 1. The lowest BCUT2D eigenvalue weighted by Gasteiger charge is -2.46. The zero-order valence-electron chi connectivity index (χ0n) is 14.8. The largest absolute Gasteiger partial charge is 0.365 e. The molecule has 0 N–H and O–H groups in total. The summed E-state index contributed by atoms with van der Waals surface area (Å²) in [6.07, 6.45) is 6.98. The van der Waals surface area contributed by atoms with Gasteiger partial charge < -0.3 is 14.4 Å². The van der Waals surface area contributed by atoms with Crippen LogP contribution in [0.25, 0.3) is 11.2 Å². The van der Waals surface area contributed by atoms with Crippen molar-refractivity contribution in [2.75, 3.05) is 22.9 Å². The van der Waals surface area contributed by atoms with Crippen molar-refractivity contribution in [2.45, 2.75) is 25.3 Å². The standard InChI is InChI=1S/C20H21N5O/c1-23-13-22-18-15(9-10-21-19(18)23)20(26)25-12-14-6-4-5-11-24(14)16-7-2-3-8-17(16)25/h2-3,7-10,13-14H,4-6,11-12H2,1H3/t14-/m1/s1. The van der Waals surface area contributed by atoms with Crippen LogP contribution < -0.4 is 9.80 Å². The molecule has 0 saturated carbocycles. The van der Waals surface area contributed by atoms with Crippen LogP contribution in [0.1, 0.15) is 29.6 Å². The van der Waals surface area contributed by atoms with E-state index in [9.17, 15) is 4.79 Å². The van der Waals surface area contributed by atoms with Crippen LogP contribution >= 0.6 is 0 Å². The Kier molecular flexibility index (Phi) is 3.45. The minimum absolute atomic E-state index is 0.00812. The zero-order chi connectivity index (χ0) is 17.7. The number of hydrogen-bond donors (Lipinski definition) is 0. The van der Waals surface area contributed by atoms with E-state index in [-0.39, 0.29) is 5.91 Å². The molecular weight excluding hydrogens is 326 g/mol. The Bertz CT molecular complexity index is 995. The Hall–Kier alpha value is -2.89. The molecular formula is C20H21N5O. The molecule has 1 atom stereocenters. The van der Waals surface area contributed by atoms with Crippen LogP contribution in [-0.4, -0.2) is 39.6 Å². The maximum atomic E-state index is 13.5. The summed E-state index contributed by atoms with van der Waals surface area (Å²) in [7, 11) is 1.90. The average Bonchev–Trinajstić information content (AvgIpc) is 3.08. The molecule has 3 aromatic rings. The minimum atomic E-state index is 0.00812. The maximum Gasteiger partial charge on any atom is 0.260 e. The van der Waals surface area contributed by atoms with E-state index in [0.29, 0.717) is 17.1 Å². The number of benzene rings is 1. The van der Waals surface area contributed by atoms with E-state index in [2.05, 4.69) is 33.1 Å². The van der Waals surface area contributed by atoms with Gasteiger partial charge in [-0.15, -0.1) is 0 Å². The van der Waals surface area contributed by atoms with E-state index in [1.807, 2.05) is 22.6 Å². The van der Waals surface area contributed by atoms with Crippen molar-refractivity contribution in [3.63, 3.8) is 0 Å². The molecule has 2 aliphatic rings. The Labute approximate surface area is 152 Å². The molecule has 1 saturated heterocycles. The number of aromatic nitrogens is 3. The molecule has 0 bridgehead atoms. The lowest BCUT2D eigenvalue weighted by atomic mass is 9.96. The van der Waals surface area contributed by atoms with E-state index in [0.717, 1.165) is 30.8 Å². The number of fused-ring (bicyclic) bond motifs is 4. The van der Waals surface area contributed by atoms with Gasteiger partial charge in [-0.2, -0.15) is 0 Å². The number of piperidine rings is 1. The number of anilines is 2. The second-order valence-corrected chi connectivity index (χ2v) is 7.13. The Morgan fingerprint density at radius 3 is 2.85 bits per heavy atom. The summed E-state index contributed by atoms with van der Waals surface area (Å²) in [5.74, 6) is 0.00812. The van der Waals surface area contributed by atoms with Gasteiger partial charge in [0.1, 0.15) is 5.52 Å². The highest BCUT2D eigenvalue weighted by molar-refractivity contribution is 6.13. The molecule has 0 unspecified atom stereocenters. The van der Waals surface area contributed by atoms with Crippen LogP contribution in [0.3, 0.4) is 0 Å². The molecule has 5 rings (SSSR count). The molecule has 6 nitrogen and oxygen atoms in total. The van der Waals surface area contributed by atoms with Crippen molar-refractivity contribution < 1.29 is 4.79 Å². The van der Waals surface area contributed by atoms with Crippen molar-refractivity contribution in [1.29, 1.82) is 0 Å². The molecule has 2 aliphatic heterocycles. The highest BCUT2D eigenvalue weighted by Crippen LogP contribution is 2.39. The van der Waals surface area contributed by atoms with Gasteiger partial charge in [0.25, 0.3) is 5.91 Å². The number of amides is 1. The number of hydrogen-bond acceptors (Lipinski definition) is 4. The molecule has 26 heavy (non-hydrogen) atoms. The van der Waals surface area contributed by atoms with Gasteiger partial charge in [-0.05, 0) is 37.5 Å². The summed E-state index contributed by atoms with van der Waals surface area (Å²) < 4.78 is 1.85. The summed E-state index contributed by atoms with van der Waals surface area (Å²) >= 11 is 0. The van der Waals surface area contributed by atoms with Crippen LogP contribution in [0.4, 0.5) is 11.4 Å². The molecule has 1 aromatic carbocycles. The lowest BCUT2D eigenvalue weighted by molar-refractivity contribution is 0.0984. The third kappa shape index (κ3) is 2.21. The molecule has 0 spiro atoms. The third-order valence-corrected chi connectivity index (χ3v) is 5.58. The van der Waals surface area contributed by atoms with Gasteiger partial charge in [0, 0.05) is 32.4 Å². The van der Waals surface area contributed by atoms with Crippen molar-refractivity contribution in [1.82, 2.24) is 14.5 Å². The first-order chi connectivity index (χ1) is 12.7. The molecule has 1 amide bonds. The first-order valence-electron chi connectivity index (χ1n) is 9.17. The second kappa shape index (κ2) is 5.83. The Balaban J connectivity index is 1.61. The first-order valence-corrected chi connectivity index (χ1v) is 9.17. The first kappa shape index (κ1) is 15.4. The normalized spacial score (nSPS) is 19.3. The maximum absolute atomic E-state index is 13.5. The fourth-order valence-corrected chi connectivity index (χ4v) is 4.29. The van der Waals surface area contributed by atoms with Crippen LogP contribution in [0.5, 0.6) is 0 Å². The average molecular weight is 347 g/mol. The molecule has 4 heterocycles. The quantitative estimate of drug-likeness (QED) is 0.679. The van der Waals surface area contributed by atoms with Crippen molar-refractivity contribution >= 4 is 28.4 Å². The lowest BCUT2D eigenvalue weighted by Crippen LogP contribution is -2.53. The number of carbonyl (C=O) groups is 1. The van der Waals surface area contributed by atoms with E-state index < -0.39 is 0 Å². The number of nitrogens with zero attached hydrogens (tertiary/aromatic N) is 5. The number of pyridine rings is 1. The van der Waals surface area contributed by atoms with Crippen LogP contribution in [-0.2, 0) is 7.05 Å². The molecule has 0 aliphatic carbocycles. The zero-order valence-corrected chi connectivity index (χ0v) is 14.8. The highest BCUT2D eigenvalue weighted by atomic mass is 16.2. The molecule has 6 heteroatoms. The fraction of sp³-hybridized carbons (Fsp3) is 0.350. The topological polar surface area (TPSA) is 54.3 Å². The highest BCUT2D eigenvalue weighted by Gasteiger charge is 2.35. The summed E-state index contributed by atoms with van der Waals surface area (Å²) in [6.45, 7) is 1.80. The van der Waals surface area contributed by atoms with Gasteiger partial charge in [-0.25, -0.2) is 9.97 Å². The smallest absolute Gasteiger partial charge is 0.260 e. The van der Waals surface area contributed by atoms with E-state index >= 15 is 0 Å². The molecule has 0 radical (unpaired) electrons. The minimum Gasteiger partial charge on any atom is -0.365 e. The van der Waals surface area contributed by atoms with E-state index in [1.54, 1.807) is 18.6 Å². The Morgan fingerprint density at radius 1 is 1.12 bits per heavy atom. The Morgan fingerprint density at radius 2 is 1.96 bits per heavy atom. The monoisotopic (exact) mass is 347 g/mol. The van der Waals surface area contributed by atoms with Crippen molar-refractivity contribution in [3.8, 4) is 0 Å². The SMILES string of the molecule is Cn1cnc2c(C(=O)N3C[C@H]4CCCCN4c4ccccc43)ccnc21. The number of imidazole rings is 1. The summed E-state index contributed by atoms with van der Waals surface area (Å²) in [6, 6.07) is 10.4. The van der Waals surface area contributed by atoms with Gasteiger partial charge in [0.15, 0.2) is 5.65 Å². The van der Waals surface area contributed by atoms with Gasteiger partial charge in [-0.3, -0.25) is 4.79 Å². The second-order valence-electron chi connectivity index (χ2n) is 7.13. The van der Waals surface area contributed by atoms with Crippen molar-refractivity contribution in [3.05, 3.63) is 48.4 Å². The summed E-state index contributed by atoms with van der Waals surface area (Å²) in [5, 5.41) is 0. The number of para-hydroxylation sites is 2. The predicted molar refractivity (Wildman–Crippen MR) is 102 cm³/mol. The third-order valence-electron chi connectivity index (χ3n) is 5.58. The van der Waals surface area contributed by atoms with Gasteiger partial charge in [0.2, 0.25) is 0 Å². The van der Waals surface area contributed by atoms with Gasteiger partial charge in [0.05, 0.1) is 23.3 Å². The summed E-state index contributed by atoms with van der Waals surface area (Å²) in [4.78, 5) is 26.7. The van der Waals surface area contributed by atoms with E-state index in [1.165, 1.54) is 18.5 Å². The van der Waals surface area contributed by atoms with Crippen LogP contribution in [0.15, 0.2) is 42.9 Å². The van der Waals surface area contributed by atoms with Crippen LogP contribution in [0, 0.1) is 0 Å². The fourth-order valence-electron chi connectivity index (χ4n) is 4.29. The molecule has 1 fully saturated rings. The van der Waals surface area contributed by atoms with Crippen LogP contribution in [0.2, 0.25) is 0 Å². The van der Waals surface area contributed by atoms with E-state index in [4.69, 9.17) is 0 Å². The van der Waals surface area contributed by atoms with Gasteiger partial charge >= 0.3 is 0 Å². The number of aryl methyl sites for hydroxylation is 1. The van der Waals surface area contributed by atoms with Gasteiger partial charge in [-0.1, -0.05) is 12.1 Å². The molecule has 132 valence electrons. The van der Waals surface area contributed by atoms with Crippen molar-refractivity contribution in [2.24, 2.45) is 7.05 Å². The summed E-state index contributed by atoms with van der Waals surface area (Å²) in [5.41, 5.74) is 4.19. The number of rotatable bonds is 1. The predicted octanol–water partition coefficient (Wildman–Crippen LogP) is 2.99. The molecule has 2 aromatic heterocycles.